The van der Waals surface area contributed by atoms with Crippen molar-refractivity contribution in [1.29, 1.82) is 0 Å². The highest BCUT2D eigenvalue weighted by molar-refractivity contribution is 7.80. The number of hydrogen-bond acceptors (Lipinski definition) is 4. The molecule has 1 aliphatic rings. The second-order valence-corrected chi connectivity index (χ2v) is 5.16. The van der Waals surface area contributed by atoms with Crippen LogP contribution in [-0.4, -0.2) is 41.7 Å². The molecule has 0 radical (unpaired) electrons. The molecule has 0 aromatic rings. The van der Waals surface area contributed by atoms with Crippen LogP contribution in [0.25, 0.3) is 0 Å². The van der Waals surface area contributed by atoms with Gasteiger partial charge in [0.1, 0.15) is 6.04 Å². The number of esters is 1. The number of nitrogens with zero attached hydrogens (tertiary/aromatic N) is 1. The van der Waals surface area contributed by atoms with Gasteiger partial charge in [0.25, 0.3) is 0 Å². The summed E-state index contributed by atoms with van der Waals surface area (Å²) in [5, 5.41) is 0. The fourth-order valence-corrected chi connectivity index (χ4v) is 2.21. The van der Waals surface area contributed by atoms with Crippen LogP contribution in [0.4, 0.5) is 0 Å². The number of carbonyl (C=O) groups excluding carboxylic acids is 2. The molecule has 1 rings (SSSR count). The summed E-state index contributed by atoms with van der Waals surface area (Å²) >= 11 is 4.13. The van der Waals surface area contributed by atoms with Gasteiger partial charge in [-0.05, 0) is 19.3 Å². The van der Waals surface area contributed by atoms with Crippen LogP contribution in [0.3, 0.4) is 0 Å². The molecule has 5 heteroatoms. The summed E-state index contributed by atoms with van der Waals surface area (Å²) in [7, 11) is 0. The van der Waals surface area contributed by atoms with Crippen LogP contribution in [-0.2, 0) is 14.3 Å². The van der Waals surface area contributed by atoms with Gasteiger partial charge < -0.3 is 9.64 Å². The first kappa shape index (κ1) is 15.3. The minimum Gasteiger partial charge on any atom is -0.464 e. The molecule has 1 saturated heterocycles. The van der Waals surface area contributed by atoms with Crippen molar-refractivity contribution in [3.05, 3.63) is 0 Å². The molecule has 0 unspecified atom stereocenters. The molecule has 0 bridgehead atoms. The van der Waals surface area contributed by atoms with Crippen LogP contribution < -0.4 is 0 Å². The summed E-state index contributed by atoms with van der Waals surface area (Å²) in [6.07, 6.45) is 3.46. The zero-order valence-electron chi connectivity index (χ0n) is 11.2. The second-order valence-electron chi connectivity index (χ2n) is 4.79. The third-order valence-corrected chi connectivity index (χ3v) is 3.79. The van der Waals surface area contributed by atoms with Crippen LogP contribution >= 0.6 is 12.6 Å². The van der Waals surface area contributed by atoms with Crippen LogP contribution in [0.2, 0.25) is 0 Å². The average molecular weight is 273 g/mol. The van der Waals surface area contributed by atoms with E-state index in [1.165, 1.54) is 0 Å². The minimum absolute atomic E-state index is 0.0138. The van der Waals surface area contributed by atoms with Crippen LogP contribution in [0.1, 0.15) is 39.5 Å². The smallest absolute Gasteiger partial charge is 0.328 e. The maximum atomic E-state index is 12.1. The third-order valence-electron chi connectivity index (χ3n) is 3.25. The number of thiol groups is 1. The fraction of sp³-hybridized carbons (Fsp3) is 0.846. The maximum absolute atomic E-state index is 12.1. The first-order chi connectivity index (χ1) is 8.61. The average Bonchev–Trinajstić information content (AvgIpc) is 2.86. The topological polar surface area (TPSA) is 46.6 Å². The Kier molecular flexibility index (Phi) is 6.54. The van der Waals surface area contributed by atoms with Crippen molar-refractivity contribution in [2.45, 2.75) is 45.6 Å². The summed E-state index contributed by atoms with van der Waals surface area (Å²) in [6, 6.07) is -0.378. The van der Waals surface area contributed by atoms with Gasteiger partial charge in [-0.2, -0.15) is 12.6 Å². The molecule has 1 aliphatic heterocycles. The SMILES string of the molecule is CCCCOC(=O)[C@@H]1CCCN1C(=O)[C@H](C)CS. The highest BCUT2D eigenvalue weighted by Crippen LogP contribution is 2.21. The van der Waals surface area contributed by atoms with Gasteiger partial charge >= 0.3 is 5.97 Å². The predicted octanol–water partition coefficient (Wildman–Crippen LogP) is 1.89. The van der Waals surface area contributed by atoms with Crippen molar-refractivity contribution in [2.24, 2.45) is 5.92 Å². The largest absolute Gasteiger partial charge is 0.464 e. The molecule has 4 nitrogen and oxygen atoms in total. The van der Waals surface area contributed by atoms with Crippen LogP contribution in [0, 0.1) is 5.92 Å². The Bertz CT molecular complexity index is 296. The number of ether oxygens (including phenoxy) is 1. The van der Waals surface area contributed by atoms with Crippen molar-refractivity contribution < 1.29 is 14.3 Å². The van der Waals surface area contributed by atoms with Crippen molar-refractivity contribution in [2.75, 3.05) is 18.9 Å². The lowest BCUT2D eigenvalue weighted by Gasteiger charge is -2.25. The molecule has 104 valence electrons. The monoisotopic (exact) mass is 273 g/mol. The normalized spacial score (nSPS) is 20.8. The molecule has 18 heavy (non-hydrogen) atoms. The first-order valence-corrected chi connectivity index (χ1v) is 7.33. The lowest BCUT2D eigenvalue weighted by Crippen LogP contribution is -2.44. The van der Waals surface area contributed by atoms with Gasteiger partial charge in [0.2, 0.25) is 5.91 Å². The Morgan fingerprint density at radius 1 is 1.50 bits per heavy atom. The predicted molar refractivity (Wildman–Crippen MR) is 73.6 cm³/mol. The number of rotatable bonds is 6. The number of hydrogen-bond donors (Lipinski definition) is 1. The molecule has 1 fully saturated rings. The van der Waals surface area contributed by atoms with E-state index in [0.717, 1.165) is 25.7 Å². The number of amides is 1. The Morgan fingerprint density at radius 3 is 2.83 bits per heavy atom. The molecular formula is C13H23NO3S. The number of unbranched alkanes of at least 4 members (excludes halogenated alkanes) is 1. The summed E-state index contributed by atoms with van der Waals surface area (Å²) < 4.78 is 5.21. The van der Waals surface area contributed by atoms with E-state index in [0.29, 0.717) is 18.9 Å². The maximum Gasteiger partial charge on any atom is 0.328 e. The molecular weight excluding hydrogens is 250 g/mol. The van der Waals surface area contributed by atoms with E-state index in [9.17, 15) is 9.59 Å². The molecule has 0 spiro atoms. The fourth-order valence-electron chi connectivity index (χ4n) is 2.05. The van der Waals surface area contributed by atoms with Gasteiger partial charge in [-0.25, -0.2) is 4.79 Å². The zero-order chi connectivity index (χ0) is 13.5. The molecule has 1 amide bonds. The van der Waals surface area contributed by atoms with Crippen LogP contribution in [0.5, 0.6) is 0 Å². The minimum atomic E-state index is -0.378. The van der Waals surface area contributed by atoms with Crippen molar-refractivity contribution >= 4 is 24.5 Å². The van der Waals surface area contributed by atoms with E-state index in [1.54, 1.807) is 4.90 Å². The molecule has 0 N–H and O–H groups in total. The Hall–Kier alpha value is -0.710. The number of likely N-dealkylation sites (tertiary alicyclic amines) is 1. The summed E-state index contributed by atoms with van der Waals surface area (Å²) in [5.74, 6) is 0.130. The van der Waals surface area contributed by atoms with Crippen LogP contribution in [0.15, 0.2) is 0 Å². The molecule has 1 heterocycles. The van der Waals surface area contributed by atoms with E-state index in [4.69, 9.17) is 4.74 Å². The summed E-state index contributed by atoms with van der Waals surface area (Å²) in [6.45, 7) is 5.00. The standard InChI is InChI=1S/C13H23NO3S/c1-3-4-8-17-13(16)11-6-5-7-14(11)12(15)10(2)9-18/h10-11,18H,3-9H2,1-2H3/t10-,11+/m1/s1. The van der Waals surface area contributed by atoms with E-state index >= 15 is 0 Å². The van der Waals surface area contributed by atoms with Gasteiger partial charge in [-0.1, -0.05) is 20.3 Å². The lowest BCUT2D eigenvalue weighted by atomic mass is 10.1. The molecule has 0 aromatic carbocycles. The summed E-state index contributed by atoms with van der Waals surface area (Å²) in [5.41, 5.74) is 0. The second kappa shape index (κ2) is 7.67. The van der Waals surface area contributed by atoms with E-state index < -0.39 is 0 Å². The highest BCUT2D eigenvalue weighted by atomic mass is 32.1. The quantitative estimate of drug-likeness (QED) is 0.457. The van der Waals surface area contributed by atoms with E-state index in [1.807, 2.05) is 13.8 Å². The zero-order valence-corrected chi connectivity index (χ0v) is 12.1. The molecule has 0 aliphatic carbocycles. The first-order valence-electron chi connectivity index (χ1n) is 6.69. The van der Waals surface area contributed by atoms with E-state index in [-0.39, 0.29) is 23.8 Å². The van der Waals surface area contributed by atoms with Gasteiger partial charge in [-0.3, -0.25) is 4.79 Å². The van der Waals surface area contributed by atoms with Gasteiger partial charge in [0.05, 0.1) is 6.61 Å². The number of carbonyl (C=O) groups is 2. The van der Waals surface area contributed by atoms with Crippen molar-refractivity contribution in [3.8, 4) is 0 Å². The Morgan fingerprint density at radius 2 is 2.22 bits per heavy atom. The summed E-state index contributed by atoms with van der Waals surface area (Å²) in [4.78, 5) is 25.7. The molecule has 2 atom stereocenters. The van der Waals surface area contributed by atoms with Crippen molar-refractivity contribution in [3.63, 3.8) is 0 Å². The van der Waals surface area contributed by atoms with Crippen molar-refractivity contribution in [1.82, 2.24) is 4.90 Å². The molecule has 0 aromatic heterocycles. The third kappa shape index (κ3) is 3.90. The van der Waals surface area contributed by atoms with Gasteiger partial charge in [-0.15, -0.1) is 0 Å². The van der Waals surface area contributed by atoms with Gasteiger partial charge in [0, 0.05) is 18.2 Å². The highest BCUT2D eigenvalue weighted by Gasteiger charge is 2.36. The van der Waals surface area contributed by atoms with Gasteiger partial charge in [0.15, 0.2) is 0 Å². The lowest BCUT2D eigenvalue weighted by molar-refractivity contribution is -0.154. The molecule has 0 saturated carbocycles. The Balaban J connectivity index is 2.53. The Labute approximate surface area is 114 Å². The van der Waals surface area contributed by atoms with E-state index in [2.05, 4.69) is 12.6 Å².